The van der Waals surface area contributed by atoms with Gasteiger partial charge in [-0.15, -0.1) is 0 Å². The highest BCUT2D eigenvalue weighted by Gasteiger charge is 2.21. The zero-order valence-corrected chi connectivity index (χ0v) is 11.2. The van der Waals surface area contributed by atoms with Crippen molar-refractivity contribution < 1.29 is 4.79 Å². The van der Waals surface area contributed by atoms with Gasteiger partial charge < -0.3 is 5.32 Å². The number of aromatic amines is 1. The topological polar surface area (TPSA) is 66.9 Å². The molecule has 5 heteroatoms. The van der Waals surface area contributed by atoms with Crippen LogP contribution >= 0.6 is 0 Å². The van der Waals surface area contributed by atoms with E-state index in [2.05, 4.69) is 10.4 Å². The largest absolute Gasteiger partial charge is 0.351 e. The molecule has 96 valence electrons. The van der Waals surface area contributed by atoms with Gasteiger partial charge in [0.25, 0.3) is 5.56 Å². The zero-order chi connectivity index (χ0) is 13.2. The lowest BCUT2D eigenvalue weighted by Crippen LogP contribution is -2.35. The molecule has 0 fully saturated rings. The van der Waals surface area contributed by atoms with Crippen molar-refractivity contribution in [2.45, 2.75) is 47.7 Å². The van der Waals surface area contributed by atoms with Crippen LogP contribution in [0.2, 0.25) is 0 Å². The second-order valence-corrected chi connectivity index (χ2v) is 5.18. The Kier molecular flexibility index (Phi) is 3.80. The molecule has 1 rings (SSSR count). The predicted octanol–water partition coefficient (Wildman–Crippen LogP) is 1.17. The fourth-order valence-electron chi connectivity index (χ4n) is 1.56. The second-order valence-electron chi connectivity index (χ2n) is 5.18. The van der Waals surface area contributed by atoms with E-state index in [0.717, 1.165) is 5.69 Å². The number of rotatable bonds is 3. The maximum Gasteiger partial charge on any atom is 0.269 e. The number of amides is 1. The standard InChI is InChI=1S/C12H21N3O2/c1-6-15-8(2)9(10(16)14-15)7-13-11(17)12(3,4)5/h6-7H2,1-5H3,(H,13,17)(H,14,16). The predicted molar refractivity (Wildman–Crippen MR) is 66.8 cm³/mol. The monoisotopic (exact) mass is 239 g/mol. The molecule has 1 aromatic rings. The van der Waals surface area contributed by atoms with Gasteiger partial charge in [-0.05, 0) is 13.8 Å². The Labute approximate surface area is 101 Å². The molecule has 0 atom stereocenters. The molecule has 0 spiro atoms. The molecule has 0 radical (unpaired) electrons. The van der Waals surface area contributed by atoms with Crippen molar-refractivity contribution in [1.82, 2.24) is 15.1 Å². The summed E-state index contributed by atoms with van der Waals surface area (Å²) < 4.78 is 1.78. The molecule has 0 aromatic carbocycles. The molecular weight excluding hydrogens is 218 g/mol. The minimum atomic E-state index is -0.437. The van der Waals surface area contributed by atoms with Crippen molar-refractivity contribution in [2.24, 2.45) is 5.41 Å². The van der Waals surface area contributed by atoms with Crippen LogP contribution in [0.4, 0.5) is 0 Å². The number of nitrogens with one attached hydrogen (secondary N) is 2. The number of aromatic nitrogens is 2. The molecule has 0 aliphatic heterocycles. The van der Waals surface area contributed by atoms with Crippen molar-refractivity contribution in [1.29, 1.82) is 0 Å². The van der Waals surface area contributed by atoms with E-state index < -0.39 is 5.41 Å². The van der Waals surface area contributed by atoms with E-state index in [1.807, 2.05) is 34.6 Å². The van der Waals surface area contributed by atoms with Gasteiger partial charge in [0.05, 0.1) is 12.1 Å². The highest BCUT2D eigenvalue weighted by molar-refractivity contribution is 5.81. The summed E-state index contributed by atoms with van der Waals surface area (Å²) in [6.07, 6.45) is 0. The number of hydrogen-bond acceptors (Lipinski definition) is 2. The molecule has 0 aliphatic rings. The number of aryl methyl sites for hydroxylation is 1. The van der Waals surface area contributed by atoms with Crippen LogP contribution in [0.3, 0.4) is 0 Å². The van der Waals surface area contributed by atoms with Crippen LogP contribution in [0.1, 0.15) is 39.0 Å². The molecule has 0 bridgehead atoms. The Balaban J connectivity index is 2.80. The third-order valence-corrected chi connectivity index (χ3v) is 2.78. The van der Waals surface area contributed by atoms with Gasteiger partial charge in [0.1, 0.15) is 0 Å². The van der Waals surface area contributed by atoms with Gasteiger partial charge >= 0.3 is 0 Å². The van der Waals surface area contributed by atoms with Crippen LogP contribution in [0.25, 0.3) is 0 Å². The van der Waals surface area contributed by atoms with Gasteiger partial charge in [0, 0.05) is 17.7 Å². The highest BCUT2D eigenvalue weighted by atomic mass is 16.2. The van der Waals surface area contributed by atoms with Crippen molar-refractivity contribution in [3.05, 3.63) is 21.6 Å². The smallest absolute Gasteiger partial charge is 0.269 e. The number of nitrogens with zero attached hydrogens (tertiary/aromatic N) is 1. The fraction of sp³-hybridized carbons (Fsp3) is 0.667. The second kappa shape index (κ2) is 4.77. The summed E-state index contributed by atoms with van der Waals surface area (Å²) in [6, 6.07) is 0. The van der Waals surface area contributed by atoms with Crippen LogP contribution < -0.4 is 10.9 Å². The van der Waals surface area contributed by atoms with Crippen molar-refractivity contribution in [3.63, 3.8) is 0 Å². The lowest BCUT2D eigenvalue weighted by atomic mass is 9.95. The first-order chi connectivity index (χ1) is 7.77. The quantitative estimate of drug-likeness (QED) is 0.831. The molecule has 1 heterocycles. The van der Waals surface area contributed by atoms with Gasteiger partial charge in [-0.25, -0.2) is 0 Å². The van der Waals surface area contributed by atoms with Crippen LogP contribution in [-0.2, 0) is 17.9 Å². The maximum atomic E-state index is 11.7. The third-order valence-electron chi connectivity index (χ3n) is 2.78. The Morgan fingerprint density at radius 3 is 2.41 bits per heavy atom. The number of carbonyl (C=O) groups is 1. The molecule has 0 unspecified atom stereocenters. The molecule has 1 amide bonds. The number of hydrogen-bond donors (Lipinski definition) is 2. The minimum Gasteiger partial charge on any atom is -0.351 e. The van der Waals surface area contributed by atoms with E-state index >= 15 is 0 Å². The van der Waals surface area contributed by atoms with E-state index in [0.29, 0.717) is 12.1 Å². The van der Waals surface area contributed by atoms with Crippen molar-refractivity contribution in [2.75, 3.05) is 0 Å². The van der Waals surface area contributed by atoms with Crippen LogP contribution in [0.5, 0.6) is 0 Å². The third kappa shape index (κ3) is 2.99. The van der Waals surface area contributed by atoms with Crippen LogP contribution in [-0.4, -0.2) is 15.7 Å². The van der Waals surface area contributed by atoms with Crippen molar-refractivity contribution >= 4 is 5.91 Å². The Morgan fingerprint density at radius 2 is 2.00 bits per heavy atom. The molecule has 0 aliphatic carbocycles. The lowest BCUT2D eigenvalue weighted by molar-refractivity contribution is -0.128. The summed E-state index contributed by atoms with van der Waals surface area (Å²) in [7, 11) is 0. The summed E-state index contributed by atoms with van der Waals surface area (Å²) in [5.74, 6) is -0.0550. The first kappa shape index (κ1) is 13.5. The molecule has 0 saturated heterocycles. The van der Waals surface area contributed by atoms with E-state index in [-0.39, 0.29) is 18.0 Å². The Morgan fingerprint density at radius 1 is 1.41 bits per heavy atom. The first-order valence-corrected chi connectivity index (χ1v) is 5.84. The Bertz CT molecular complexity index is 463. The highest BCUT2D eigenvalue weighted by Crippen LogP contribution is 2.13. The number of H-pyrrole nitrogens is 1. The van der Waals surface area contributed by atoms with Gasteiger partial charge in [-0.2, -0.15) is 0 Å². The number of carbonyl (C=O) groups excluding carboxylic acids is 1. The molecule has 0 saturated carbocycles. The van der Waals surface area contributed by atoms with Crippen LogP contribution in [0.15, 0.2) is 4.79 Å². The van der Waals surface area contributed by atoms with Gasteiger partial charge in [0.15, 0.2) is 0 Å². The van der Waals surface area contributed by atoms with E-state index in [1.165, 1.54) is 0 Å². The maximum absolute atomic E-state index is 11.7. The van der Waals surface area contributed by atoms with Gasteiger partial charge in [-0.1, -0.05) is 20.8 Å². The van der Waals surface area contributed by atoms with E-state index in [9.17, 15) is 9.59 Å². The summed E-state index contributed by atoms with van der Waals surface area (Å²) in [4.78, 5) is 23.4. The molecule has 5 nitrogen and oxygen atoms in total. The average Bonchev–Trinajstić information content (AvgIpc) is 2.49. The van der Waals surface area contributed by atoms with Gasteiger partial charge in [-0.3, -0.25) is 19.4 Å². The Hall–Kier alpha value is -1.52. The summed E-state index contributed by atoms with van der Waals surface area (Å²) >= 11 is 0. The van der Waals surface area contributed by atoms with E-state index in [1.54, 1.807) is 4.68 Å². The van der Waals surface area contributed by atoms with Crippen molar-refractivity contribution in [3.8, 4) is 0 Å². The summed E-state index contributed by atoms with van der Waals surface area (Å²) in [5.41, 5.74) is 0.947. The van der Waals surface area contributed by atoms with Crippen LogP contribution in [0, 0.1) is 12.3 Å². The molecule has 17 heavy (non-hydrogen) atoms. The average molecular weight is 239 g/mol. The minimum absolute atomic E-state index is 0.0550. The molecular formula is C12H21N3O2. The summed E-state index contributed by atoms with van der Waals surface area (Å²) in [5, 5.41) is 5.52. The van der Waals surface area contributed by atoms with E-state index in [4.69, 9.17) is 0 Å². The SMILES string of the molecule is CCn1[nH]c(=O)c(CNC(=O)C(C)(C)C)c1C. The zero-order valence-electron chi connectivity index (χ0n) is 11.2. The lowest BCUT2D eigenvalue weighted by Gasteiger charge is -2.17. The summed E-state index contributed by atoms with van der Waals surface area (Å²) in [6.45, 7) is 10.4. The first-order valence-electron chi connectivity index (χ1n) is 5.84. The molecule has 1 aromatic heterocycles. The van der Waals surface area contributed by atoms with Gasteiger partial charge in [0.2, 0.25) is 5.91 Å². The normalized spacial score (nSPS) is 11.6. The molecule has 2 N–H and O–H groups in total. The fourth-order valence-corrected chi connectivity index (χ4v) is 1.56.